The highest BCUT2D eigenvalue weighted by Gasteiger charge is 2.19. The topological polar surface area (TPSA) is 21.3 Å². The molecule has 0 heterocycles. The summed E-state index contributed by atoms with van der Waals surface area (Å²) < 4.78 is 5.58. The first-order chi connectivity index (χ1) is 8.69. The molecular weight excluding hydrogens is 269 g/mol. The van der Waals surface area contributed by atoms with Crippen LogP contribution in [0.25, 0.3) is 0 Å². The molecule has 2 nitrogen and oxygen atoms in total. The number of benzene rings is 1. The lowest BCUT2D eigenvalue weighted by molar-refractivity contribution is 0.352. The molecule has 0 aliphatic heterocycles. The molecule has 1 aliphatic rings. The highest BCUT2D eigenvalue weighted by Crippen LogP contribution is 2.26. The molecular formula is C14H17Cl2NO. The van der Waals surface area contributed by atoms with Gasteiger partial charge in [-0.3, -0.25) is 0 Å². The van der Waals surface area contributed by atoms with Crippen molar-refractivity contribution >= 4 is 23.2 Å². The summed E-state index contributed by atoms with van der Waals surface area (Å²) in [6.45, 7) is 3.24. The monoisotopic (exact) mass is 285 g/mol. The van der Waals surface area contributed by atoms with Crippen LogP contribution in [-0.2, 0) is 6.54 Å². The summed E-state index contributed by atoms with van der Waals surface area (Å²) in [5.41, 5.74) is 3.66. The minimum absolute atomic E-state index is 0.461. The van der Waals surface area contributed by atoms with E-state index >= 15 is 0 Å². The lowest BCUT2D eigenvalue weighted by atomic mass is 10.2. The van der Waals surface area contributed by atoms with Crippen LogP contribution in [0.2, 0.25) is 5.02 Å². The molecule has 1 saturated carbocycles. The zero-order valence-electron chi connectivity index (χ0n) is 10.4. The molecule has 0 spiro atoms. The zero-order chi connectivity index (χ0) is 13.0. The van der Waals surface area contributed by atoms with E-state index in [1.54, 1.807) is 0 Å². The van der Waals surface area contributed by atoms with Crippen molar-refractivity contribution in [1.82, 2.24) is 5.32 Å². The maximum atomic E-state index is 6.18. The van der Waals surface area contributed by atoms with Crippen LogP contribution in [0, 0.1) is 0 Å². The summed E-state index contributed by atoms with van der Waals surface area (Å²) in [4.78, 5) is 0. The van der Waals surface area contributed by atoms with E-state index in [4.69, 9.17) is 27.9 Å². The van der Waals surface area contributed by atoms with E-state index in [9.17, 15) is 0 Å². The van der Waals surface area contributed by atoms with E-state index < -0.39 is 0 Å². The van der Waals surface area contributed by atoms with Crippen molar-refractivity contribution in [3.05, 3.63) is 39.9 Å². The van der Waals surface area contributed by atoms with Crippen LogP contribution in [0.4, 0.5) is 0 Å². The molecule has 0 atom stereocenters. The predicted molar refractivity (Wildman–Crippen MR) is 76.4 cm³/mol. The Bertz CT molecular complexity index is 441. The summed E-state index contributed by atoms with van der Waals surface area (Å²) in [6.07, 6.45) is 2.58. The second-order valence-corrected chi connectivity index (χ2v) is 5.29. The zero-order valence-corrected chi connectivity index (χ0v) is 11.9. The number of hydrogen-bond donors (Lipinski definition) is 1. The van der Waals surface area contributed by atoms with Gasteiger partial charge in [0.25, 0.3) is 0 Å². The first-order valence-electron chi connectivity index (χ1n) is 6.09. The summed E-state index contributed by atoms with van der Waals surface area (Å²) in [7, 11) is 0. The summed E-state index contributed by atoms with van der Waals surface area (Å²) in [5.74, 6) is 0.699. The SMILES string of the molecule is C/C(=C/Cl)COc1ccc(CNC2CC2)cc1Cl. The third-order valence-corrected chi connectivity index (χ3v) is 3.48. The van der Waals surface area contributed by atoms with Crippen LogP contribution in [0.15, 0.2) is 29.3 Å². The Kier molecular flexibility index (Phi) is 4.93. The van der Waals surface area contributed by atoms with Crippen molar-refractivity contribution < 1.29 is 4.74 Å². The first kappa shape index (κ1) is 13.7. The molecule has 1 N–H and O–H groups in total. The Morgan fingerprint density at radius 3 is 2.89 bits per heavy atom. The van der Waals surface area contributed by atoms with Crippen LogP contribution in [0.3, 0.4) is 0 Å². The standard InChI is InChI=1S/C14H17Cl2NO/c1-10(7-15)9-18-14-5-2-11(6-13(14)16)8-17-12-3-4-12/h2,5-7,12,17H,3-4,8-9H2,1H3/b10-7-. The number of rotatable bonds is 6. The molecule has 1 fully saturated rings. The van der Waals surface area contributed by atoms with E-state index in [0.717, 1.165) is 12.1 Å². The van der Waals surface area contributed by atoms with Gasteiger partial charge in [0.1, 0.15) is 12.4 Å². The molecule has 0 amide bonds. The summed E-state index contributed by atoms with van der Waals surface area (Å²) in [6, 6.07) is 6.60. The smallest absolute Gasteiger partial charge is 0.138 e. The molecule has 2 rings (SSSR count). The third-order valence-electron chi connectivity index (χ3n) is 2.81. The van der Waals surface area contributed by atoms with E-state index in [2.05, 4.69) is 5.32 Å². The maximum absolute atomic E-state index is 6.18. The molecule has 98 valence electrons. The number of halogens is 2. The Hall–Kier alpha value is -0.700. The molecule has 1 aromatic carbocycles. The van der Waals surface area contributed by atoms with E-state index in [1.807, 2.05) is 25.1 Å². The Morgan fingerprint density at radius 2 is 2.28 bits per heavy atom. The average molecular weight is 286 g/mol. The molecule has 0 unspecified atom stereocenters. The fraction of sp³-hybridized carbons (Fsp3) is 0.429. The van der Waals surface area contributed by atoms with Gasteiger partial charge < -0.3 is 10.1 Å². The predicted octanol–water partition coefficient (Wildman–Crippen LogP) is 4.11. The molecule has 0 radical (unpaired) electrons. The number of ether oxygens (including phenoxy) is 1. The maximum Gasteiger partial charge on any atom is 0.138 e. The van der Waals surface area contributed by atoms with Gasteiger partial charge in [-0.25, -0.2) is 0 Å². The van der Waals surface area contributed by atoms with Gasteiger partial charge in [-0.05, 0) is 43.0 Å². The second-order valence-electron chi connectivity index (χ2n) is 4.66. The van der Waals surface area contributed by atoms with Gasteiger partial charge in [0, 0.05) is 18.1 Å². The average Bonchev–Trinajstić information content (AvgIpc) is 3.18. The molecule has 1 aliphatic carbocycles. The molecule has 0 saturated heterocycles. The van der Waals surface area contributed by atoms with E-state index in [1.165, 1.54) is 23.9 Å². The third kappa shape index (κ3) is 4.20. The lowest BCUT2D eigenvalue weighted by Crippen LogP contribution is -2.15. The molecule has 4 heteroatoms. The highest BCUT2D eigenvalue weighted by atomic mass is 35.5. The van der Waals surface area contributed by atoms with Gasteiger partial charge in [0.2, 0.25) is 0 Å². The summed E-state index contributed by atoms with van der Waals surface area (Å²) >= 11 is 11.8. The highest BCUT2D eigenvalue weighted by molar-refractivity contribution is 6.32. The molecule has 0 bridgehead atoms. The Morgan fingerprint density at radius 1 is 1.50 bits per heavy atom. The van der Waals surface area contributed by atoms with Crippen molar-refractivity contribution in [2.24, 2.45) is 0 Å². The normalized spacial score (nSPS) is 15.8. The van der Waals surface area contributed by atoms with Crippen LogP contribution < -0.4 is 10.1 Å². The van der Waals surface area contributed by atoms with Gasteiger partial charge in [-0.2, -0.15) is 0 Å². The molecule has 18 heavy (non-hydrogen) atoms. The van der Waals surface area contributed by atoms with E-state index in [-0.39, 0.29) is 0 Å². The van der Waals surface area contributed by atoms with Crippen molar-refractivity contribution in [3.8, 4) is 5.75 Å². The number of nitrogens with one attached hydrogen (secondary N) is 1. The first-order valence-corrected chi connectivity index (χ1v) is 6.91. The van der Waals surface area contributed by atoms with Crippen molar-refractivity contribution in [1.29, 1.82) is 0 Å². The van der Waals surface area contributed by atoms with Crippen molar-refractivity contribution in [2.45, 2.75) is 32.4 Å². The van der Waals surface area contributed by atoms with Gasteiger partial charge >= 0.3 is 0 Å². The quantitative estimate of drug-likeness (QED) is 0.849. The van der Waals surface area contributed by atoms with Crippen LogP contribution in [0.1, 0.15) is 25.3 Å². The van der Waals surface area contributed by atoms with Gasteiger partial charge in [-0.1, -0.05) is 29.3 Å². The fourth-order valence-corrected chi connectivity index (χ4v) is 1.86. The Labute approximate surface area is 118 Å². The second kappa shape index (κ2) is 6.46. The van der Waals surface area contributed by atoms with Crippen molar-refractivity contribution in [2.75, 3.05) is 6.61 Å². The van der Waals surface area contributed by atoms with Gasteiger partial charge in [0.15, 0.2) is 0 Å². The molecule has 1 aromatic rings. The summed E-state index contributed by atoms with van der Waals surface area (Å²) in [5, 5.41) is 4.10. The lowest BCUT2D eigenvalue weighted by Gasteiger charge is -2.10. The van der Waals surface area contributed by atoms with Crippen LogP contribution in [-0.4, -0.2) is 12.6 Å². The largest absolute Gasteiger partial charge is 0.488 e. The van der Waals surface area contributed by atoms with Crippen LogP contribution in [0.5, 0.6) is 5.75 Å². The number of hydrogen-bond acceptors (Lipinski definition) is 2. The van der Waals surface area contributed by atoms with Gasteiger partial charge in [0.05, 0.1) is 5.02 Å². The minimum Gasteiger partial charge on any atom is -0.488 e. The fourth-order valence-electron chi connectivity index (χ4n) is 1.54. The van der Waals surface area contributed by atoms with Gasteiger partial charge in [-0.15, -0.1) is 0 Å². The van der Waals surface area contributed by atoms with Crippen LogP contribution >= 0.6 is 23.2 Å². The minimum atomic E-state index is 0.461. The molecule has 0 aromatic heterocycles. The van der Waals surface area contributed by atoms with E-state index in [0.29, 0.717) is 23.4 Å². The van der Waals surface area contributed by atoms with Crippen molar-refractivity contribution in [3.63, 3.8) is 0 Å². The Balaban J connectivity index is 1.91.